The molecule has 1 aliphatic heterocycles. The molecule has 106 valence electrons. The fourth-order valence-corrected chi connectivity index (χ4v) is 2.07. The molecule has 3 rings (SSSR count). The molecule has 1 saturated heterocycles. The third-order valence-electron chi connectivity index (χ3n) is 3.11. The summed E-state index contributed by atoms with van der Waals surface area (Å²) >= 11 is 0. The number of hydrogen-bond donors (Lipinski definition) is 1. The van der Waals surface area contributed by atoms with Gasteiger partial charge in [0.1, 0.15) is 0 Å². The van der Waals surface area contributed by atoms with Crippen molar-refractivity contribution in [3.05, 3.63) is 36.0 Å². The zero-order valence-corrected chi connectivity index (χ0v) is 11.4. The van der Waals surface area contributed by atoms with E-state index in [1.807, 2.05) is 17.0 Å². The lowest BCUT2D eigenvalue weighted by molar-refractivity contribution is 0.122. The predicted octanol–water partition coefficient (Wildman–Crippen LogP) is 1.32. The van der Waals surface area contributed by atoms with Crippen molar-refractivity contribution in [2.75, 3.05) is 36.5 Å². The molecule has 0 saturated carbocycles. The molecule has 0 spiro atoms. The molecule has 21 heavy (non-hydrogen) atoms. The maximum atomic E-state index is 8.91. The molecule has 1 aromatic heterocycles. The number of anilines is 3. The molecule has 0 atom stereocenters. The number of benzene rings is 1. The first-order valence-electron chi connectivity index (χ1n) is 6.65. The Morgan fingerprint density at radius 1 is 1.29 bits per heavy atom. The number of nitriles is 1. The van der Waals surface area contributed by atoms with Crippen LogP contribution in [0.2, 0.25) is 0 Å². The van der Waals surface area contributed by atoms with Crippen LogP contribution in [0.5, 0.6) is 0 Å². The van der Waals surface area contributed by atoms with E-state index in [1.54, 1.807) is 18.3 Å². The molecule has 0 bridgehead atoms. The van der Waals surface area contributed by atoms with Crippen LogP contribution in [0.15, 0.2) is 30.5 Å². The molecule has 1 aromatic carbocycles. The molecule has 0 radical (unpaired) electrons. The highest BCUT2D eigenvalue weighted by Gasteiger charge is 2.14. The number of nitrogens with zero attached hydrogens (tertiary/aromatic N) is 5. The van der Waals surface area contributed by atoms with Gasteiger partial charge in [0.2, 0.25) is 5.95 Å². The molecule has 7 nitrogen and oxygen atoms in total. The van der Waals surface area contributed by atoms with Gasteiger partial charge in [0.25, 0.3) is 0 Å². The largest absolute Gasteiger partial charge is 0.378 e. The molecule has 0 aliphatic carbocycles. The van der Waals surface area contributed by atoms with Crippen LogP contribution in [0.4, 0.5) is 17.5 Å². The summed E-state index contributed by atoms with van der Waals surface area (Å²) in [6.07, 6.45) is 1.56. The van der Waals surface area contributed by atoms with Gasteiger partial charge in [-0.2, -0.15) is 15.3 Å². The van der Waals surface area contributed by atoms with Gasteiger partial charge >= 0.3 is 0 Å². The normalized spacial score (nSPS) is 14.5. The Labute approximate surface area is 122 Å². The number of nitrogens with one attached hydrogen (secondary N) is 1. The summed E-state index contributed by atoms with van der Waals surface area (Å²) in [5.41, 5.74) is 1.39. The summed E-state index contributed by atoms with van der Waals surface area (Å²) in [5.74, 6) is 1.18. The van der Waals surface area contributed by atoms with Crippen molar-refractivity contribution in [1.29, 1.82) is 5.26 Å². The second-order valence-corrected chi connectivity index (χ2v) is 4.56. The first kappa shape index (κ1) is 13.3. The third kappa shape index (κ3) is 3.24. The van der Waals surface area contributed by atoms with E-state index in [9.17, 15) is 0 Å². The van der Waals surface area contributed by atoms with Gasteiger partial charge in [0, 0.05) is 18.8 Å². The molecular weight excluding hydrogens is 268 g/mol. The van der Waals surface area contributed by atoms with Crippen molar-refractivity contribution in [3.63, 3.8) is 0 Å². The molecule has 1 N–H and O–H groups in total. The fourth-order valence-electron chi connectivity index (χ4n) is 2.07. The van der Waals surface area contributed by atoms with Gasteiger partial charge in [0.05, 0.1) is 31.0 Å². The fraction of sp³-hybridized carbons (Fsp3) is 0.286. The minimum Gasteiger partial charge on any atom is -0.378 e. The van der Waals surface area contributed by atoms with Crippen LogP contribution in [0.25, 0.3) is 0 Å². The van der Waals surface area contributed by atoms with E-state index < -0.39 is 0 Å². The second-order valence-electron chi connectivity index (χ2n) is 4.56. The van der Waals surface area contributed by atoms with E-state index in [0.717, 1.165) is 18.8 Å². The highest BCUT2D eigenvalue weighted by atomic mass is 16.5. The van der Waals surface area contributed by atoms with Gasteiger partial charge < -0.3 is 15.0 Å². The summed E-state index contributed by atoms with van der Waals surface area (Å²) < 4.78 is 5.31. The zero-order chi connectivity index (χ0) is 14.5. The average Bonchev–Trinajstić information content (AvgIpc) is 2.56. The highest BCUT2D eigenvalue weighted by molar-refractivity contribution is 5.58. The van der Waals surface area contributed by atoms with Gasteiger partial charge in [-0.15, -0.1) is 5.10 Å². The monoisotopic (exact) mass is 282 g/mol. The van der Waals surface area contributed by atoms with Gasteiger partial charge in [0.15, 0.2) is 5.82 Å². The van der Waals surface area contributed by atoms with E-state index in [0.29, 0.717) is 30.5 Å². The Hall–Kier alpha value is -2.72. The van der Waals surface area contributed by atoms with Crippen molar-refractivity contribution >= 4 is 17.5 Å². The number of morpholine rings is 1. The standard InChI is InChI=1S/C14H14N6O/c15-9-11-2-1-3-12(8-11)17-13-10-16-19-14(18-13)20-4-6-21-7-5-20/h1-3,8,10H,4-7H2,(H,17,18,19). The molecule has 2 aromatic rings. The maximum Gasteiger partial charge on any atom is 0.247 e. The SMILES string of the molecule is N#Cc1cccc(Nc2cnnc(N3CCOCC3)n2)c1. The smallest absolute Gasteiger partial charge is 0.247 e. The molecule has 1 aliphatic rings. The minimum absolute atomic E-state index is 0.583. The van der Waals surface area contributed by atoms with Crippen LogP contribution in [-0.4, -0.2) is 41.5 Å². The zero-order valence-electron chi connectivity index (χ0n) is 11.4. The summed E-state index contributed by atoms with van der Waals surface area (Å²) in [6.45, 7) is 2.86. The lowest BCUT2D eigenvalue weighted by Crippen LogP contribution is -2.37. The summed E-state index contributed by atoms with van der Waals surface area (Å²) in [4.78, 5) is 6.49. The van der Waals surface area contributed by atoms with Gasteiger partial charge in [-0.3, -0.25) is 0 Å². The third-order valence-corrected chi connectivity index (χ3v) is 3.11. The van der Waals surface area contributed by atoms with Crippen molar-refractivity contribution in [2.45, 2.75) is 0 Å². The van der Waals surface area contributed by atoms with Crippen molar-refractivity contribution in [3.8, 4) is 6.07 Å². The van der Waals surface area contributed by atoms with E-state index in [-0.39, 0.29) is 0 Å². The van der Waals surface area contributed by atoms with Crippen LogP contribution in [0, 0.1) is 11.3 Å². The Morgan fingerprint density at radius 2 is 2.14 bits per heavy atom. The average molecular weight is 282 g/mol. The van der Waals surface area contributed by atoms with Crippen LogP contribution >= 0.6 is 0 Å². The van der Waals surface area contributed by atoms with Gasteiger partial charge in [-0.1, -0.05) is 6.07 Å². The summed E-state index contributed by atoms with van der Waals surface area (Å²) in [5, 5.41) is 20.1. The first-order chi connectivity index (χ1) is 10.3. The molecule has 0 unspecified atom stereocenters. The van der Waals surface area contributed by atoms with E-state index in [2.05, 4.69) is 26.6 Å². The minimum atomic E-state index is 0.583. The van der Waals surface area contributed by atoms with E-state index in [1.165, 1.54) is 0 Å². The molecular formula is C14H14N6O. The Morgan fingerprint density at radius 3 is 2.95 bits per heavy atom. The highest BCUT2D eigenvalue weighted by Crippen LogP contribution is 2.17. The van der Waals surface area contributed by atoms with Crippen molar-refractivity contribution in [2.24, 2.45) is 0 Å². The van der Waals surface area contributed by atoms with Crippen molar-refractivity contribution in [1.82, 2.24) is 15.2 Å². The molecule has 1 fully saturated rings. The Bertz CT molecular complexity index is 663. The van der Waals surface area contributed by atoms with Gasteiger partial charge in [-0.25, -0.2) is 0 Å². The van der Waals surface area contributed by atoms with Crippen LogP contribution in [-0.2, 0) is 4.74 Å². The molecule has 0 amide bonds. The summed E-state index contributed by atoms with van der Waals surface area (Å²) in [7, 11) is 0. The van der Waals surface area contributed by atoms with Crippen LogP contribution in [0.3, 0.4) is 0 Å². The lowest BCUT2D eigenvalue weighted by atomic mass is 10.2. The van der Waals surface area contributed by atoms with Crippen LogP contribution in [0.1, 0.15) is 5.56 Å². The number of rotatable bonds is 3. The van der Waals surface area contributed by atoms with Gasteiger partial charge in [-0.05, 0) is 18.2 Å². The lowest BCUT2D eigenvalue weighted by Gasteiger charge is -2.26. The van der Waals surface area contributed by atoms with Crippen LogP contribution < -0.4 is 10.2 Å². The number of ether oxygens (including phenoxy) is 1. The van der Waals surface area contributed by atoms with Crippen molar-refractivity contribution < 1.29 is 4.74 Å². The quantitative estimate of drug-likeness (QED) is 0.908. The van der Waals surface area contributed by atoms with E-state index in [4.69, 9.17) is 10.00 Å². The molecule has 7 heteroatoms. The predicted molar refractivity (Wildman–Crippen MR) is 77.3 cm³/mol. The number of hydrogen-bond acceptors (Lipinski definition) is 7. The first-order valence-corrected chi connectivity index (χ1v) is 6.65. The topological polar surface area (TPSA) is 87.0 Å². The number of aromatic nitrogens is 3. The maximum absolute atomic E-state index is 8.91. The second kappa shape index (κ2) is 6.15. The van der Waals surface area contributed by atoms with E-state index >= 15 is 0 Å². The Balaban J connectivity index is 1.77. The Kier molecular flexibility index (Phi) is 3.89. The summed E-state index contributed by atoms with van der Waals surface area (Å²) in [6, 6.07) is 9.31. The molecule has 2 heterocycles.